The van der Waals surface area contributed by atoms with E-state index in [0.717, 1.165) is 13.1 Å². The van der Waals surface area contributed by atoms with Crippen molar-refractivity contribution in [3.05, 3.63) is 46.9 Å². The Kier molecular flexibility index (Phi) is 4.95. The van der Waals surface area contributed by atoms with E-state index in [2.05, 4.69) is 37.2 Å². The van der Waals surface area contributed by atoms with Gasteiger partial charge in [0, 0.05) is 5.02 Å². The summed E-state index contributed by atoms with van der Waals surface area (Å²) in [6.07, 6.45) is 0. The molecule has 1 amide bonds. The molecule has 0 fully saturated rings. The van der Waals surface area contributed by atoms with Gasteiger partial charge < -0.3 is 5.32 Å². The van der Waals surface area contributed by atoms with E-state index in [1.807, 2.05) is 6.92 Å². The molecule has 0 spiro atoms. The Labute approximate surface area is 141 Å². The van der Waals surface area contributed by atoms with E-state index in [9.17, 15) is 4.79 Å². The van der Waals surface area contributed by atoms with E-state index < -0.39 is 0 Å². The van der Waals surface area contributed by atoms with Crippen LogP contribution in [0.2, 0.25) is 10.0 Å². The van der Waals surface area contributed by atoms with E-state index >= 15 is 0 Å². The van der Waals surface area contributed by atoms with Gasteiger partial charge in [-0.2, -0.15) is 0 Å². The minimum atomic E-state index is -0.240. The van der Waals surface area contributed by atoms with E-state index in [4.69, 9.17) is 23.2 Å². The quantitative estimate of drug-likeness (QED) is 0.593. The first kappa shape index (κ1) is 15.3. The SMILES string of the molecule is Cc1cc(Cl)c(NC(=O)c2cc(Br)sc2Br)cc1Cl. The number of hydrogen-bond acceptors (Lipinski definition) is 2. The summed E-state index contributed by atoms with van der Waals surface area (Å²) in [5.41, 5.74) is 1.91. The van der Waals surface area contributed by atoms with Crippen LogP contribution in [-0.2, 0) is 0 Å². The third-order valence-corrected chi connectivity index (χ3v) is 5.46. The predicted molar refractivity (Wildman–Crippen MR) is 88.9 cm³/mol. The number of carbonyl (C=O) groups is 1. The zero-order valence-electron chi connectivity index (χ0n) is 9.56. The maximum absolute atomic E-state index is 12.1. The van der Waals surface area contributed by atoms with Gasteiger partial charge in [0.05, 0.1) is 23.8 Å². The molecule has 2 rings (SSSR count). The number of carbonyl (C=O) groups excluding carboxylic acids is 1. The van der Waals surface area contributed by atoms with Crippen molar-refractivity contribution in [1.82, 2.24) is 0 Å². The van der Waals surface area contributed by atoms with Crippen LogP contribution in [0.5, 0.6) is 0 Å². The molecule has 0 aliphatic rings. The van der Waals surface area contributed by atoms with Crippen LogP contribution in [0.1, 0.15) is 15.9 Å². The predicted octanol–water partition coefficient (Wildman–Crippen LogP) is 6.14. The number of benzene rings is 1. The zero-order valence-corrected chi connectivity index (χ0v) is 15.1. The van der Waals surface area contributed by atoms with Gasteiger partial charge in [0.15, 0.2) is 0 Å². The fourth-order valence-electron chi connectivity index (χ4n) is 1.43. The van der Waals surface area contributed by atoms with Crippen molar-refractivity contribution in [2.75, 3.05) is 5.32 Å². The zero-order chi connectivity index (χ0) is 14.2. The number of thiophene rings is 1. The molecular formula is C12H7Br2Cl2NOS. The van der Waals surface area contributed by atoms with Crippen molar-refractivity contribution in [3.63, 3.8) is 0 Å². The number of amides is 1. The fraction of sp³-hybridized carbons (Fsp3) is 0.0833. The Morgan fingerprint density at radius 2 is 1.89 bits per heavy atom. The Morgan fingerprint density at radius 3 is 2.47 bits per heavy atom. The molecule has 1 heterocycles. The number of rotatable bonds is 2. The first-order valence-electron chi connectivity index (χ1n) is 5.10. The highest BCUT2D eigenvalue weighted by Crippen LogP contribution is 2.34. The number of halogens is 4. The van der Waals surface area contributed by atoms with Crippen LogP contribution < -0.4 is 5.32 Å². The third-order valence-electron chi connectivity index (χ3n) is 2.40. The van der Waals surface area contributed by atoms with Gasteiger partial charge in [-0.3, -0.25) is 4.79 Å². The third kappa shape index (κ3) is 3.52. The van der Waals surface area contributed by atoms with Crippen molar-refractivity contribution in [3.8, 4) is 0 Å². The van der Waals surface area contributed by atoms with Crippen LogP contribution in [0.4, 0.5) is 5.69 Å². The highest BCUT2D eigenvalue weighted by atomic mass is 79.9. The molecule has 0 radical (unpaired) electrons. The molecule has 0 unspecified atom stereocenters. The van der Waals surface area contributed by atoms with Crippen molar-refractivity contribution in [2.24, 2.45) is 0 Å². The topological polar surface area (TPSA) is 29.1 Å². The highest BCUT2D eigenvalue weighted by Gasteiger charge is 2.15. The van der Waals surface area contributed by atoms with E-state index in [0.29, 0.717) is 21.3 Å². The molecule has 0 saturated carbocycles. The Bertz CT molecular complexity index is 657. The molecule has 1 aromatic carbocycles. The van der Waals surface area contributed by atoms with Crippen LogP contribution in [-0.4, -0.2) is 5.91 Å². The molecule has 0 bridgehead atoms. The molecule has 0 aliphatic carbocycles. The van der Waals surface area contributed by atoms with Crippen LogP contribution in [0.3, 0.4) is 0 Å². The van der Waals surface area contributed by atoms with Crippen LogP contribution in [0.15, 0.2) is 25.8 Å². The van der Waals surface area contributed by atoms with Gasteiger partial charge in [0.1, 0.15) is 0 Å². The summed E-state index contributed by atoms with van der Waals surface area (Å²) < 4.78 is 1.63. The van der Waals surface area contributed by atoms with E-state index in [-0.39, 0.29) is 5.91 Å². The van der Waals surface area contributed by atoms with Gasteiger partial charge in [-0.15, -0.1) is 11.3 Å². The molecule has 0 aliphatic heterocycles. The van der Waals surface area contributed by atoms with Gasteiger partial charge in [-0.25, -0.2) is 0 Å². The minimum absolute atomic E-state index is 0.240. The number of nitrogens with one attached hydrogen (secondary N) is 1. The average Bonchev–Trinajstić information content (AvgIpc) is 2.65. The van der Waals surface area contributed by atoms with E-state index in [1.165, 1.54) is 11.3 Å². The number of hydrogen-bond donors (Lipinski definition) is 1. The van der Waals surface area contributed by atoms with Crippen molar-refractivity contribution >= 4 is 78.0 Å². The molecule has 1 aromatic heterocycles. The second kappa shape index (κ2) is 6.14. The molecule has 0 atom stereocenters. The lowest BCUT2D eigenvalue weighted by Gasteiger charge is -2.09. The fourth-order valence-corrected chi connectivity index (χ4v) is 4.65. The van der Waals surface area contributed by atoms with Crippen molar-refractivity contribution < 1.29 is 4.79 Å². The summed E-state index contributed by atoms with van der Waals surface area (Å²) >= 11 is 20.2. The van der Waals surface area contributed by atoms with Gasteiger partial charge >= 0.3 is 0 Å². The number of aryl methyl sites for hydroxylation is 1. The lowest BCUT2D eigenvalue weighted by Crippen LogP contribution is -2.11. The molecule has 7 heteroatoms. The second-order valence-corrected chi connectivity index (χ2v) is 8.34. The van der Waals surface area contributed by atoms with Crippen LogP contribution in [0.25, 0.3) is 0 Å². The summed E-state index contributed by atoms with van der Waals surface area (Å²) in [4.78, 5) is 12.1. The highest BCUT2D eigenvalue weighted by molar-refractivity contribution is 9.12. The van der Waals surface area contributed by atoms with Gasteiger partial charge in [0.25, 0.3) is 5.91 Å². The molecule has 2 aromatic rings. The molecule has 1 N–H and O–H groups in total. The Hall–Kier alpha value is -0.0700. The average molecular weight is 444 g/mol. The molecule has 100 valence electrons. The van der Waals surface area contributed by atoms with Crippen molar-refractivity contribution in [2.45, 2.75) is 6.92 Å². The van der Waals surface area contributed by atoms with Crippen LogP contribution in [0, 0.1) is 6.92 Å². The first-order valence-corrected chi connectivity index (χ1v) is 8.26. The van der Waals surface area contributed by atoms with Crippen LogP contribution >= 0.6 is 66.4 Å². The monoisotopic (exact) mass is 441 g/mol. The summed E-state index contributed by atoms with van der Waals surface area (Å²) in [6.45, 7) is 1.85. The Balaban J connectivity index is 2.29. The largest absolute Gasteiger partial charge is 0.321 e. The second-order valence-electron chi connectivity index (χ2n) is 3.77. The summed E-state index contributed by atoms with van der Waals surface area (Å²) in [5.74, 6) is -0.240. The maximum atomic E-state index is 12.1. The van der Waals surface area contributed by atoms with Crippen molar-refractivity contribution in [1.29, 1.82) is 0 Å². The van der Waals surface area contributed by atoms with Gasteiger partial charge in [-0.05, 0) is 62.5 Å². The molecule has 2 nitrogen and oxygen atoms in total. The number of anilines is 1. The van der Waals surface area contributed by atoms with Gasteiger partial charge in [-0.1, -0.05) is 23.2 Å². The normalized spacial score (nSPS) is 10.6. The smallest absolute Gasteiger partial charge is 0.257 e. The first-order chi connectivity index (χ1) is 8.88. The standard InChI is InChI=1S/C12H7Br2Cl2NOS/c1-5-2-8(16)9(4-7(5)15)17-12(18)6-3-10(13)19-11(6)14/h2-4H,1H3,(H,17,18). The summed E-state index contributed by atoms with van der Waals surface area (Å²) in [6, 6.07) is 5.11. The molecule has 0 saturated heterocycles. The lowest BCUT2D eigenvalue weighted by atomic mass is 10.2. The van der Waals surface area contributed by atoms with E-state index in [1.54, 1.807) is 18.2 Å². The van der Waals surface area contributed by atoms with Gasteiger partial charge in [0.2, 0.25) is 0 Å². The minimum Gasteiger partial charge on any atom is -0.321 e. The molecule has 19 heavy (non-hydrogen) atoms. The lowest BCUT2D eigenvalue weighted by molar-refractivity contribution is 0.102. The molecular weight excluding hydrogens is 437 g/mol. The maximum Gasteiger partial charge on any atom is 0.257 e. The Morgan fingerprint density at radius 1 is 1.21 bits per heavy atom. The summed E-state index contributed by atoms with van der Waals surface area (Å²) in [5, 5.41) is 3.77. The summed E-state index contributed by atoms with van der Waals surface area (Å²) in [7, 11) is 0.